The molecule has 2 atom stereocenters. The molecule has 2 unspecified atom stereocenters. The first-order valence-electron chi connectivity index (χ1n) is 10.4. The van der Waals surface area contributed by atoms with Gasteiger partial charge in [0, 0.05) is 37.6 Å². The van der Waals surface area contributed by atoms with Gasteiger partial charge in [0.1, 0.15) is 36.9 Å². The lowest BCUT2D eigenvalue weighted by molar-refractivity contribution is 0.263. The predicted molar refractivity (Wildman–Crippen MR) is 113 cm³/mol. The van der Waals surface area contributed by atoms with E-state index in [2.05, 4.69) is 59.2 Å². The maximum absolute atomic E-state index is 5.80. The standard InChI is InChI=1S/C23H28N2O4/c1-17-12-20(27-14-22-16-29-22)6-7-23(17)25-10-8-24(9-11-25)18-2-4-19(5-3-18)26-13-21-15-28-21/h2-7,12,21-22H,8-11,13-16H2,1H3. The first kappa shape index (κ1) is 18.6. The summed E-state index contributed by atoms with van der Waals surface area (Å²) in [6.07, 6.45) is 0.579. The monoisotopic (exact) mass is 396 g/mol. The van der Waals surface area contributed by atoms with E-state index in [-0.39, 0.29) is 6.10 Å². The molecule has 0 saturated carbocycles. The van der Waals surface area contributed by atoms with Gasteiger partial charge in [0.2, 0.25) is 0 Å². The summed E-state index contributed by atoms with van der Waals surface area (Å²) in [5.74, 6) is 1.84. The average molecular weight is 396 g/mol. The van der Waals surface area contributed by atoms with Crippen LogP contribution in [0.25, 0.3) is 0 Å². The number of anilines is 2. The van der Waals surface area contributed by atoms with Crippen molar-refractivity contribution in [3.05, 3.63) is 48.0 Å². The van der Waals surface area contributed by atoms with E-state index < -0.39 is 0 Å². The van der Waals surface area contributed by atoms with Gasteiger partial charge in [0.05, 0.1) is 13.2 Å². The fraction of sp³-hybridized carbons (Fsp3) is 0.478. The van der Waals surface area contributed by atoms with E-state index in [1.807, 2.05) is 0 Å². The lowest BCUT2D eigenvalue weighted by Gasteiger charge is -2.38. The summed E-state index contributed by atoms with van der Waals surface area (Å²) < 4.78 is 21.9. The third kappa shape index (κ3) is 4.77. The van der Waals surface area contributed by atoms with Crippen molar-refractivity contribution in [1.82, 2.24) is 0 Å². The van der Waals surface area contributed by atoms with Crippen molar-refractivity contribution in [3.63, 3.8) is 0 Å². The maximum atomic E-state index is 5.80. The van der Waals surface area contributed by atoms with Crippen molar-refractivity contribution in [2.24, 2.45) is 0 Å². The number of rotatable bonds is 8. The van der Waals surface area contributed by atoms with Crippen LogP contribution in [-0.4, -0.2) is 64.8 Å². The van der Waals surface area contributed by atoms with E-state index in [1.165, 1.54) is 16.9 Å². The Hall–Kier alpha value is -2.44. The second-order valence-corrected chi connectivity index (χ2v) is 7.95. The normalized spacial score (nSPS) is 23.1. The quantitative estimate of drug-likeness (QED) is 0.640. The zero-order valence-corrected chi connectivity index (χ0v) is 16.9. The van der Waals surface area contributed by atoms with Gasteiger partial charge in [-0.2, -0.15) is 0 Å². The number of ether oxygens (including phenoxy) is 4. The van der Waals surface area contributed by atoms with Crippen molar-refractivity contribution in [1.29, 1.82) is 0 Å². The molecule has 3 saturated heterocycles. The first-order valence-corrected chi connectivity index (χ1v) is 10.4. The lowest BCUT2D eigenvalue weighted by atomic mass is 10.1. The largest absolute Gasteiger partial charge is 0.491 e. The van der Waals surface area contributed by atoms with Gasteiger partial charge in [-0.15, -0.1) is 0 Å². The van der Waals surface area contributed by atoms with Gasteiger partial charge in [-0.3, -0.25) is 0 Å². The average Bonchev–Trinajstić information content (AvgIpc) is 3.67. The summed E-state index contributed by atoms with van der Waals surface area (Å²) in [6.45, 7) is 9.14. The van der Waals surface area contributed by atoms with Gasteiger partial charge >= 0.3 is 0 Å². The molecular weight excluding hydrogens is 368 g/mol. The number of hydrogen-bond donors (Lipinski definition) is 0. The van der Waals surface area contributed by atoms with Crippen LogP contribution in [0, 0.1) is 6.92 Å². The highest BCUT2D eigenvalue weighted by Gasteiger charge is 2.24. The molecule has 3 fully saturated rings. The number of epoxide rings is 2. The van der Waals surface area contributed by atoms with E-state index in [9.17, 15) is 0 Å². The summed E-state index contributed by atoms with van der Waals surface area (Å²) >= 11 is 0. The third-order valence-electron chi connectivity index (χ3n) is 5.67. The van der Waals surface area contributed by atoms with Crippen LogP contribution < -0.4 is 19.3 Å². The summed E-state index contributed by atoms with van der Waals surface area (Å²) in [7, 11) is 0. The molecule has 0 radical (unpaired) electrons. The zero-order chi connectivity index (χ0) is 19.6. The van der Waals surface area contributed by atoms with Crippen LogP contribution in [0.15, 0.2) is 42.5 Å². The molecule has 3 aliphatic heterocycles. The highest BCUT2D eigenvalue weighted by Crippen LogP contribution is 2.28. The van der Waals surface area contributed by atoms with Crippen LogP contribution >= 0.6 is 0 Å². The third-order valence-corrected chi connectivity index (χ3v) is 5.67. The highest BCUT2D eigenvalue weighted by molar-refractivity contribution is 5.58. The Morgan fingerprint density at radius 3 is 1.93 bits per heavy atom. The number of piperazine rings is 1. The van der Waals surface area contributed by atoms with E-state index in [1.54, 1.807) is 0 Å². The molecule has 0 aliphatic carbocycles. The van der Waals surface area contributed by atoms with Crippen molar-refractivity contribution in [2.45, 2.75) is 19.1 Å². The SMILES string of the molecule is Cc1cc(OCC2CO2)ccc1N1CCN(c2ccc(OCC3CO3)cc2)CC1. The van der Waals surface area contributed by atoms with Crippen LogP contribution in [0.2, 0.25) is 0 Å². The van der Waals surface area contributed by atoms with Crippen LogP contribution in [0.4, 0.5) is 11.4 Å². The fourth-order valence-corrected chi connectivity index (χ4v) is 3.74. The molecule has 29 heavy (non-hydrogen) atoms. The van der Waals surface area contributed by atoms with E-state index in [4.69, 9.17) is 18.9 Å². The molecule has 0 amide bonds. The predicted octanol–water partition coefficient (Wildman–Crippen LogP) is 2.88. The molecule has 3 aliphatic rings. The molecule has 154 valence electrons. The minimum Gasteiger partial charge on any atom is -0.491 e. The minimum absolute atomic E-state index is 0.288. The van der Waals surface area contributed by atoms with Gasteiger partial charge < -0.3 is 28.7 Å². The van der Waals surface area contributed by atoms with E-state index in [0.717, 1.165) is 50.9 Å². The molecule has 2 aromatic carbocycles. The summed E-state index contributed by atoms with van der Waals surface area (Å²) in [6, 6.07) is 14.8. The molecule has 0 N–H and O–H groups in total. The maximum Gasteiger partial charge on any atom is 0.119 e. The Bertz CT molecular complexity index is 825. The Morgan fingerprint density at radius 2 is 1.34 bits per heavy atom. The summed E-state index contributed by atoms with van der Waals surface area (Å²) in [5, 5.41) is 0. The van der Waals surface area contributed by atoms with Crippen LogP contribution in [0.3, 0.4) is 0 Å². The van der Waals surface area contributed by atoms with E-state index >= 15 is 0 Å². The topological polar surface area (TPSA) is 50.0 Å². The van der Waals surface area contributed by atoms with Crippen molar-refractivity contribution in [2.75, 3.05) is 62.4 Å². The molecule has 0 spiro atoms. The molecule has 3 heterocycles. The molecule has 0 aromatic heterocycles. The Balaban J connectivity index is 1.14. The number of hydrogen-bond acceptors (Lipinski definition) is 6. The Kier molecular flexibility index (Phi) is 5.21. The van der Waals surface area contributed by atoms with Gasteiger partial charge in [-0.1, -0.05) is 0 Å². The van der Waals surface area contributed by atoms with Gasteiger partial charge in [0.15, 0.2) is 0 Å². The minimum atomic E-state index is 0.288. The van der Waals surface area contributed by atoms with Crippen LogP contribution in [-0.2, 0) is 9.47 Å². The van der Waals surface area contributed by atoms with Gasteiger partial charge in [0.25, 0.3) is 0 Å². The summed E-state index contributed by atoms with van der Waals surface area (Å²) in [5.41, 5.74) is 3.81. The molecule has 2 aromatic rings. The van der Waals surface area contributed by atoms with Gasteiger partial charge in [-0.05, 0) is 55.0 Å². The second-order valence-electron chi connectivity index (χ2n) is 7.95. The van der Waals surface area contributed by atoms with Crippen molar-refractivity contribution in [3.8, 4) is 11.5 Å². The molecule has 0 bridgehead atoms. The Labute approximate surface area is 171 Å². The fourth-order valence-electron chi connectivity index (χ4n) is 3.74. The molecule has 6 nitrogen and oxygen atoms in total. The Morgan fingerprint density at radius 1 is 0.793 bits per heavy atom. The highest BCUT2D eigenvalue weighted by atomic mass is 16.6. The van der Waals surface area contributed by atoms with Crippen LogP contribution in [0.1, 0.15) is 5.56 Å². The van der Waals surface area contributed by atoms with Crippen molar-refractivity contribution < 1.29 is 18.9 Å². The second kappa shape index (κ2) is 8.13. The van der Waals surface area contributed by atoms with Gasteiger partial charge in [-0.25, -0.2) is 0 Å². The molecular formula is C23H28N2O4. The lowest BCUT2D eigenvalue weighted by Crippen LogP contribution is -2.46. The summed E-state index contributed by atoms with van der Waals surface area (Å²) in [4.78, 5) is 4.90. The smallest absolute Gasteiger partial charge is 0.119 e. The first-order chi connectivity index (χ1) is 14.2. The van der Waals surface area contributed by atoms with E-state index in [0.29, 0.717) is 19.3 Å². The van der Waals surface area contributed by atoms with Crippen molar-refractivity contribution >= 4 is 11.4 Å². The zero-order valence-electron chi connectivity index (χ0n) is 16.9. The van der Waals surface area contributed by atoms with Crippen LogP contribution in [0.5, 0.6) is 11.5 Å². The molecule has 6 heteroatoms. The molecule has 5 rings (SSSR count). The number of aryl methyl sites for hydroxylation is 1. The number of benzene rings is 2. The number of nitrogens with zero attached hydrogens (tertiary/aromatic N) is 2.